The Balaban J connectivity index is 2.03. The van der Waals surface area contributed by atoms with Crippen molar-refractivity contribution in [1.29, 1.82) is 0 Å². The zero-order valence-electron chi connectivity index (χ0n) is 11.0. The van der Waals surface area contributed by atoms with Crippen LogP contribution in [0.15, 0.2) is 47.4 Å². The van der Waals surface area contributed by atoms with Gasteiger partial charge < -0.3 is 4.74 Å². The highest BCUT2D eigenvalue weighted by Gasteiger charge is 2.04. The second-order valence-corrected chi connectivity index (χ2v) is 4.29. The van der Waals surface area contributed by atoms with Crippen LogP contribution in [-0.2, 0) is 0 Å². The Morgan fingerprint density at radius 1 is 1.15 bits per heavy atom. The molecule has 0 unspecified atom stereocenters. The number of benzene rings is 1. The zero-order chi connectivity index (χ0) is 13.9. The molecule has 0 aliphatic carbocycles. The van der Waals surface area contributed by atoms with Crippen LogP contribution in [0.5, 0.6) is 5.75 Å². The van der Waals surface area contributed by atoms with Gasteiger partial charge in [-0.25, -0.2) is 10.1 Å². The molecule has 1 aromatic carbocycles. The minimum Gasteiger partial charge on any atom is -0.494 e. The van der Waals surface area contributed by atoms with Crippen molar-refractivity contribution in [2.24, 2.45) is 0 Å². The van der Waals surface area contributed by atoms with Crippen molar-refractivity contribution < 1.29 is 4.74 Å². The molecule has 1 N–H and O–H groups in total. The van der Waals surface area contributed by atoms with E-state index < -0.39 is 0 Å². The molecule has 0 amide bonds. The fraction of sp³-hybridized carbons (Fsp3) is 0.133. The van der Waals surface area contributed by atoms with Crippen molar-refractivity contribution in [2.45, 2.75) is 6.92 Å². The molecule has 0 bridgehead atoms. The van der Waals surface area contributed by atoms with Gasteiger partial charge in [0, 0.05) is 5.56 Å². The summed E-state index contributed by atoms with van der Waals surface area (Å²) in [6.07, 6.45) is 1.55. The summed E-state index contributed by atoms with van der Waals surface area (Å²) < 4.78 is 5.41. The Hall–Kier alpha value is -2.69. The number of hydrogen-bond donors (Lipinski definition) is 1. The van der Waals surface area contributed by atoms with Crippen LogP contribution < -0.4 is 10.3 Å². The molecule has 3 rings (SSSR count). The predicted molar refractivity (Wildman–Crippen MR) is 76.8 cm³/mol. The van der Waals surface area contributed by atoms with Gasteiger partial charge in [-0.05, 0) is 43.3 Å². The van der Waals surface area contributed by atoms with E-state index in [-0.39, 0.29) is 5.56 Å². The number of fused-ring (bicyclic) bond motifs is 1. The SMILES string of the molecule is CCOc1ccc(-c2ccc3c(=O)[nH]ncc3n2)cc1. The van der Waals surface area contributed by atoms with Crippen LogP contribution in [0.25, 0.3) is 22.2 Å². The first-order valence-electron chi connectivity index (χ1n) is 6.35. The molecule has 0 aliphatic rings. The summed E-state index contributed by atoms with van der Waals surface area (Å²) in [5, 5.41) is 6.70. The minimum absolute atomic E-state index is 0.228. The van der Waals surface area contributed by atoms with Gasteiger partial charge in [-0.15, -0.1) is 0 Å². The highest BCUT2D eigenvalue weighted by Crippen LogP contribution is 2.22. The molecule has 2 heterocycles. The second kappa shape index (κ2) is 5.13. The third-order valence-corrected chi connectivity index (χ3v) is 2.98. The third-order valence-electron chi connectivity index (χ3n) is 2.98. The first-order chi connectivity index (χ1) is 9.78. The van der Waals surface area contributed by atoms with Crippen LogP contribution in [0.4, 0.5) is 0 Å². The van der Waals surface area contributed by atoms with Crippen LogP contribution in [0.3, 0.4) is 0 Å². The van der Waals surface area contributed by atoms with Gasteiger partial charge in [0.2, 0.25) is 0 Å². The number of nitrogens with zero attached hydrogens (tertiary/aromatic N) is 2. The molecule has 0 saturated carbocycles. The van der Waals surface area contributed by atoms with Crippen LogP contribution >= 0.6 is 0 Å². The Morgan fingerprint density at radius 3 is 2.70 bits per heavy atom. The third kappa shape index (κ3) is 2.25. The first kappa shape index (κ1) is 12.3. The van der Waals surface area contributed by atoms with Gasteiger partial charge in [0.25, 0.3) is 5.56 Å². The van der Waals surface area contributed by atoms with E-state index in [4.69, 9.17) is 4.74 Å². The number of hydrogen-bond acceptors (Lipinski definition) is 4. The molecule has 0 atom stereocenters. The summed E-state index contributed by atoms with van der Waals surface area (Å²) >= 11 is 0. The molecule has 5 heteroatoms. The van der Waals surface area contributed by atoms with Gasteiger partial charge in [0.05, 0.1) is 29.4 Å². The molecule has 0 fully saturated rings. The van der Waals surface area contributed by atoms with Gasteiger partial charge in [-0.1, -0.05) is 0 Å². The lowest BCUT2D eigenvalue weighted by Gasteiger charge is -2.05. The summed E-state index contributed by atoms with van der Waals surface area (Å²) in [6.45, 7) is 2.59. The summed E-state index contributed by atoms with van der Waals surface area (Å²) in [4.78, 5) is 16.0. The van der Waals surface area contributed by atoms with E-state index in [9.17, 15) is 4.79 Å². The fourth-order valence-corrected chi connectivity index (χ4v) is 2.03. The monoisotopic (exact) mass is 267 g/mol. The van der Waals surface area contributed by atoms with Gasteiger partial charge in [-0.3, -0.25) is 4.79 Å². The maximum Gasteiger partial charge on any atom is 0.273 e. The quantitative estimate of drug-likeness (QED) is 0.791. The highest BCUT2D eigenvalue weighted by molar-refractivity contribution is 5.79. The Morgan fingerprint density at radius 2 is 1.95 bits per heavy atom. The van der Waals surface area contributed by atoms with Crippen LogP contribution in [0, 0.1) is 0 Å². The predicted octanol–water partition coefficient (Wildman–Crippen LogP) is 2.38. The number of pyridine rings is 1. The normalized spacial score (nSPS) is 10.7. The van der Waals surface area contributed by atoms with E-state index in [1.54, 1.807) is 12.3 Å². The Bertz CT molecular complexity index is 794. The van der Waals surface area contributed by atoms with Crippen LogP contribution in [0.1, 0.15) is 6.92 Å². The molecular weight excluding hydrogens is 254 g/mol. The molecule has 0 spiro atoms. The van der Waals surface area contributed by atoms with Crippen molar-refractivity contribution >= 4 is 10.9 Å². The Labute approximate surface area is 115 Å². The van der Waals surface area contributed by atoms with E-state index in [0.29, 0.717) is 17.5 Å². The number of nitrogens with one attached hydrogen (secondary N) is 1. The lowest BCUT2D eigenvalue weighted by atomic mass is 10.1. The van der Waals surface area contributed by atoms with Crippen molar-refractivity contribution in [3.8, 4) is 17.0 Å². The van der Waals surface area contributed by atoms with E-state index in [1.165, 1.54) is 0 Å². The summed E-state index contributed by atoms with van der Waals surface area (Å²) in [6, 6.07) is 11.3. The van der Waals surface area contributed by atoms with E-state index in [1.807, 2.05) is 37.3 Å². The molecule has 3 aromatic rings. The van der Waals surface area contributed by atoms with Gasteiger partial charge in [0.15, 0.2) is 0 Å². The number of ether oxygens (including phenoxy) is 1. The zero-order valence-corrected chi connectivity index (χ0v) is 11.0. The van der Waals surface area contributed by atoms with Crippen molar-refractivity contribution in [2.75, 3.05) is 6.61 Å². The van der Waals surface area contributed by atoms with Crippen molar-refractivity contribution in [3.05, 3.63) is 52.9 Å². The van der Waals surface area contributed by atoms with E-state index in [0.717, 1.165) is 17.0 Å². The summed E-state index contributed by atoms with van der Waals surface area (Å²) in [7, 11) is 0. The lowest BCUT2D eigenvalue weighted by molar-refractivity contribution is 0.340. The molecule has 2 aromatic heterocycles. The van der Waals surface area contributed by atoms with Crippen LogP contribution in [-0.4, -0.2) is 21.8 Å². The topological polar surface area (TPSA) is 67.9 Å². The smallest absolute Gasteiger partial charge is 0.273 e. The lowest BCUT2D eigenvalue weighted by Crippen LogP contribution is -2.08. The van der Waals surface area contributed by atoms with E-state index >= 15 is 0 Å². The number of aromatic amines is 1. The maximum absolute atomic E-state index is 11.6. The number of rotatable bonds is 3. The number of H-pyrrole nitrogens is 1. The average Bonchev–Trinajstić information content (AvgIpc) is 2.48. The molecular formula is C15H13N3O2. The summed E-state index contributed by atoms with van der Waals surface area (Å²) in [5.74, 6) is 0.829. The standard InChI is InChI=1S/C15H13N3O2/c1-2-20-11-5-3-10(4-6-11)13-8-7-12-14(17-13)9-16-18-15(12)19/h3-9H,2H2,1H3,(H,18,19). The van der Waals surface area contributed by atoms with Gasteiger partial charge in [-0.2, -0.15) is 5.10 Å². The average molecular weight is 267 g/mol. The van der Waals surface area contributed by atoms with Crippen molar-refractivity contribution in [3.63, 3.8) is 0 Å². The molecule has 0 radical (unpaired) electrons. The highest BCUT2D eigenvalue weighted by atomic mass is 16.5. The van der Waals surface area contributed by atoms with E-state index in [2.05, 4.69) is 15.2 Å². The second-order valence-electron chi connectivity index (χ2n) is 4.29. The molecule has 5 nitrogen and oxygen atoms in total. The largest absolute Gasteiger partial charge is 0.494 e. The van der Waals surface area contributed by atoms with Crippen LogP contribution in [0.2, 0.25) is 0 Å². The van der Waals surface area contributed by atoms with Gasteiger partial charge in [0.1, 0.15) is 5.75 Å². The number of aromatic nitrogens is 3. The first-order valence-corrected chi connectivity index (χ1v) is 6.35. The van der Waals surface area contributed by atoms with Crippen molar-refractivity contribution in [1.82, 2.24) is 15.2 Å². The molecule has 0 saturated heterocycles. The summed E-state index contributed by atoms with van der Waals surface area (Å²) in [5.41, 5.74) is 2.12. The fourth-order valence-electron chi connectivity index (χ4n) is 2.03. The Kier molecular flexibility index (Phi) is 3.16. The molecule has 0 aliphatic heterocycles. The van der Waals surface area contributed by atoms with Gasteiger partial charge >= 0.3 is 0 Å². The minimum atomic E-state index is -0.228. The molecule has 20 heavy (non-hydrogen) atoms. The maximum atomic E-state index is 11.6. The molecule has 100 valence electrons.